The molecular weight excluding hydrogens is 414 g/mol. The van der Waals surface area contributed by atoms with Gasteiger partial charge in [0.15, 0.2) is 0 Å². The van der Waals surface area contributed by atoms with Gasteiger partial charge >= 0.3 is 5.69 Å². The van der Waals surface area contributed by atoms with E-state index in [0.29, 0.717) is 18.0 Å². The predicted molar refractivity (Wildman–Crippen MR) is 134 cm³/mol. The van der Waals surface area contributed by atoms with Crippen molar-refractivity contribution in [2.45, 2.75) is 68.2 Å². The minimum atomic E-state index is -0.558. The summed E-state index contributed by atoms with van der Waals surface area (Å²) in [7, 11) is 0. The summed E-state index contributed by atoms with van der Waals surface area (Å²) in [6, 6.07) is 3.79. The molecule has 0 fully saturated rings. The van der Waals surface area contributed by atoms with Crippen molar-refractivity contribution in [2.24, 2.45) is 5.92 Å². The quantitative estimate of drug-likeness (QED) is 0.589. The van der Waals surface area contributed by atoms with Crippen molar-refractivity contribution in [3.05, 3.63) is 85.2 Å². The molecule has 3 aromatic rings. The van der Waals surface area contributed by atoms with Gasteiger partial charge in [-0.1, -0.05) is 40.7 Å². The topological polar surface area (TPSA) is 93.5 Å². The summed E-state index contributed by atoms with van der Waals surface area (Å²) < 4.78 is 1.19. The standard InChI is InChI=1S/C24H29N5O2.C2H6/c1-7-8-20(14(2)3)23-17(6)25-12-18(27-23)11-21-15(4)9-19(10-16(21)5)29-24(31)28-22(30)13-26-29;1-2/h8-10,12-14H,7,11H2,1-6H3,(H,28,30,31);1-2H3/b20-8-;. The Morgan fingerprint density at radius 1 is 1.09 bits per heavy atom. The smallest absolute Gasteiger partial charge is 0.271 e. The molecule has 0 aliphatic rings. The Morgan fingerprint density at radius 2 is 1.73 bits per heavy atom. The van der Waals surface area contributed by atoms with Gasteiger partial charge in [-0.15, -0.1) is 0 Å². The fourth-order valence-electron chi connectivity index (χ4n) is 3.76. The maximum absolute atomic E-state index is 12.1. The summed E-state index contributed by atoms with van der Waals surface area (Å²) in [6.45, 7) is 16.5. The number of hydrogen-bond donors (Lipinski definition) is 1. The van der Waals surface area contributed by atoms with Crippen LogP contribution in [0.4, 0.5) is 0 Å². The van der Waals surface area contributed by atoms with Crippen molar-refractivity contribution in [3.63, 3.8) is 0 Å². The highest BCUT2D eigenvalue weighted by Gasteiger charge is 2.15. The Kier molecular flexibility index (Phi) is 9.02. The molecule has 0 atom stereocenters. The van der Waals surface area contributed by atoms with Crippen molar-refractivity contribution < 1.29 is 0 Å². The number of rotatable bonds is 6. The van der Waals surface area contributed by atoms with E-state index in [1.807, 2.05) is 52.9 Å². The van der Waals surface area contributed by atoms with E-state index in [4.69, 9.17) is 4.98 Å². The molecule has 2 aromatic heterocycles. The minimum Gasteiger partial charge on any atom is -0.271 e. The summed E-state index contributed by atoms with van der Waals surface area (Å²) in [4.78, 5) is 35.2. The largest absolute Gasteiger partial charge is 0.349 e. The van der Waals surface area contributed by atoms with Gasteiger partial charge in [0, 0.05) is 12.6 Å². The molecule has 0 bridgehead atoms. The molecule has 0 radical (unpaired) electrons. The van der Waals surface area contributed by atoms with Crippen LogP contribution in [0.3, 0.4) is 0 Å². The Hall–Kier alpha value is -3.35. The van der Waals surface area contributed by atoms with Crippen molar-refractivity contribution in [1.29, 1.82) is 0 Å². The zero-order valence-electron chi connectivity index (χ0n) is 21.0. The number of benzene rings is 1. The third kappa shape index (κ3) is 6.12. The maximum atomic E-state index is 12.1. The lowest BCUT2D eigenvalue weighted by atomic mass is 9.95. The van der Waals surface area contributed by atoms with E-state index >= 15 is 0 Å². The molecule has 2 heterocycles. The van der Waals surface area contributed by atoms with Crippen LogP contribution in [-0.4, -0.2) is 24.7 Å². The summed E-state index contributed by atoms with van der Waals surface area (Å²) in [6.07, 6.45) is 6.76. The molecule has 0 aliphatic heterocycles. The van der Waals surface area contributed by atoms with Gasteiger partial charge in [-0.25, -0.2) is 9.78 Å². The molecule has 3 rings (SSSR count). The lowest BCUT2D eigenvalue weighted by Crippen LogP contribution is -2.30. The van der Waals surface area contributed by atoms with Gasteiger partial charge < -0.3 is 0 Å². The fourth-order valence-corrected chi connectivity index (χ4v) is 3.76. The average molecular weight is 450 g/mol. The van der Waals surface area contributed by atoms with Gasteiger partial charge in [0.1, 0.15) is 6.20 Å². The first kappa shape index (κ1) is 25.9. The SMILES string of the molecule is CC.CC/C=C(\c1nc(Cc2c(C)cc(-n3ncc(=O)[nH]c3=O)cc2C)cnc1C)C(C)C. The second kappa shape index (κ2) is 11.5. The van der Waals surface area contributed by atoms with E-state index < -0.39 is 11.2 Å². The summed E-state index contributed by atoms with van der Waals surface area (Å²) in [5, 5.41) is 3.95. The van der Waals surface area contributed by atoms with Crippen LogP contribution in [0.25, 0.3) is 11.3 Å². The highest BCUT2D eigenvalue weighted by molar-refractivity contribution is 5.65. The Bertz CT molecular complexity index is 1230. The maximum Gasteiger partial charge on any atom is 0.349 e. The highest BCUT2D eigenvalue weighted by Crippen LogP contribution is 2.26. The van der Waals surface area contributed by atoms with Gasteiger partial charge in [-0.3, -0.25) is 14.8 Å². The number of aromatic amines is 1. The fraction of sp³-hybridized carbons (Fsp3) is 0.423. The number of H-pyrrole nitrogens is 1. The molecule has 0 saturated heterocycles. The predicted octanol–water partition coefficient (Wildman–Crippen LogP) is 4.70. The van der Waals surface area contributed by atoms with E-state index in [1.54, 1.807) is 0 Å². The second-order valence-electron chi connectivity index (χ2n) is 8.10. The lowest BCUT2D eigenvalue weighted by molar-refractivity contribution is 0.747. The van der Waals surface area contributed by atoms with Gasteiger partial charge in [-0.05, 0) is 67.5 Å². The molecule has 0 amide bonds. The normalized spacial score (nSPS) is 11.4. The number of aryl methyl sites for hydroxylation is 3. The van der Waals surface area contributed by atoms with Crippen LogP contribution in [-0.2, 0) is 6.42 Å². The molecule has 0 saturated carbocycles. The van der Waals surface area contributed by atoms with Gasteiger partial charge in [0.25, 0.3) is 5.56 Å². The molecular formula is C26H35N5O2. The van der Waals surface area contributed by atoms with Crippen LogP contribution in [0.15, 0.2) is 40.2 Å². The number of hydrogen-bond acceptors (Lipinski definition) is 5. The number of allylic oxidation sites excluding steroid dienone is 2. The molecule has 7 heteroatoms. The molecule has 33 heavy (non-hydrogen) atoms. The monoisotopic (exact) mass is 449 g/mol. The zero-order chi connectivity index (χ0) is 24.7. The van der Waals surface area contributed by atoms with Gasteiger partial charge in [0.05, 0.1) is 22.8 Å². The van der Waals surface area contributed by atoms with Crippen molar-refractivity contribution >= 4 is 5.57 Å². The minimum absolute atomic E-state index is 0.370. The molecule has 176 valence electrons. The molecule has 0 unspecified atom stereocenters. The van der Waals surface area contributed by atoms with Crippen molar-refractivity contribution in [2.75, 3.05) is 0 Å². The lowest BCUT2D eigenvalue weighted by Gasteiger charge is -2.16. The van der Waals surface area contributed by atoms with Crippen LogP contribution in [0.2, 0.25) is 0 Å². The first-order valence-corrected chi connectivity index (χ1v) is 11.5. The molecule has 1 aromatic carbocycles. The van der Waals surface area contributed by atoms with Crippen LogP contribution in [0.1, 0.15) is 74.8 Å². The summed E-state index contributed by atoms with van der Waals surface area (Å²) >= 11 is 0. The zero-order valence-corrected chi connectivity index (χ0v) is 21.0. The second-order valence-corrected chi connectivity index (χ2v) is 8.10. The average Bonchev–Trinajstić information content (AvgIpc) is 2.77. The van der Waals surface area contributed by atoms with E-state index in [2.05, 4.69) is 41.9 Å². The van der Waals surface area contributed by atoms with Crippen molar-refractivity contribution in [1.82, 2.24) is 24.7 Å². The summed E-state index contributed by atoms with van der Waals surface area (Å²) in [5.41, 5.74) is 6.74. The third-order valence-corrected chi connectivity index (χ3v) is 5.32. The first-order valence-electron chi connectivity index (χ1n) is 11.5. The van der Waals surface area contributed by atoms with E-state index in [1.165, 1.54) is 10.3 Å². The first-order chi connectivity index (χ1) is 15.7. The third-order valence-electron chi connectivity index (χ3n) is 5.32. The highest BCUT2D eigenvalue weighted by atomic mass is 16.2. The molecule has 0 spiro atoms. The number of nitrogens with one attached hydrogen (secondary N) is 1. The Morgan fingerprint density at radius 3 is 2.27 bits per heavy atom. The van der Waals surface area contributed by atoms with E-state index in [-0.39, 0.29) is 0 Å². The van der Waals surface area contributed by atoms with Crippen molar-refractivity contribution in [3.8, 4) is 5.69 Å². The van der Waals surface area contributed by atoms with Crippen LogP contribution >= 0.6 is 0 Å². The van der Waals surface area contributed by atoms with E-state index in [9.17, 15) is 9.59 Å². The van der Waals surface area contributed by atoms with Crippen LogP contribution in [0, 0.1) is 26.7 Å². The number of aromatic nitrogens is 5. The van der Waals surface area contributed by atoms with Gasteiger partial charge in [-0.2, -0.15) is 9.78 Å². The Labute approximate surface area is 195 Å². The Balaban J connectivity index is 0.00000187. The number of nitrogens with zero attached hydrogens (tertiary/aromatic N) is 4. The van der Waals surface area contributed by atoms with E-state index in [0.717, 1.165) is 46.4 Å². The van der Waals surface area contributed by atoms with Gasteiger partial charge in [0.2, 0.25) is 0 Å². The molecule has 0 aliphatic carbocycles. The summed E-state index contributed by atoms with van der Waals surface area (Å²) in [5.74, 6) is 0.370. The molecule has 7 nitrogen and oxygen atoms in total. The van der Waals surface area contributed by atoms with Crippen LogP contribution < -0.4 is 11.2 Å². The molecule has 1 N–H and O–H groups in total. The van der Waals surface area contributed by atoms with Crippen LogP contribution in [0.5, 0.6) is 0 Å².